The van der Waals surface area contributed by atoms with Gasteiger partial charge in [-0.05, 0) is 76.6 Å². The second-order valence-corrected chi connectivity index (χ2v) is 10.5. The van der Waals surface area contributed by atoms with Gasteiger partial charge >= 0.3 is 0 Å². The number of nitrogens with one attached hydrogen (secondary N) is 2. The molecule has 3 saturated heterocycles. The molecule has 1 aromatic carbocycles. The summed E-state index contributed by atoms with van der Waals surface area (Å²) < 4.78 is 11.9. The Balaban J connectivity index is 1.56. The van der Waals surface area contributed by atoms with Crippen LogP contribution in [0, 0.1) is 11.8 Å². The summed E-state index contributed by atoms with van der Waals surface area (Å²) in [6.07, 6.45) is 4.68. The van der Waals surface area contributed by atoms with Crippen molar-refractivity contribution in [1.82, 2.24) is 10.2 Å². The van der Waals surface area contributed by atoms with E-state index in [1.54, 1.807) is 29.2 Å². The zero-order valence-corrected chi connectivity index (χ0v) is 22.2. The van der Waals surface area contributed by atoms with Crippen molar-refractivity contribution in [3.05, 3.63) is 24.3 Å². The Kier molecular flexibility index (Phi) is 8.75. The highest BCUT2D eigenvalue weighted by Gasteiger charge is 2.74. The molecule has 2 bridgehead atoms. The maximum absolute atomic E-state index is 13.9. The SMILES string of the molecule is CCCC(C)NC(=O)C1N(CCCCCO)C(=O)[C@@H]2[C@H](C(=O)Nc3ccc(OCC)cc3)[C@@H]3CCC12O3. The summed E-state index contributed by atoms with van der Waals surface area (Å²) >= 11 is 0. The molecule has 0 aromatic heterocycles. The monoisotopic (exact) mass is 515 g/mol. The van der Waals surface area contributed by atoms with Crippen molar-refractivity contribution in [1.29, 1.82) is 0 Å². The summed E-state index contributed by atoms with van der Waals surface area (Å²) in [6.45, 7) is 7.00. The zero-order chi connectivity index (χ0) is 26.6. The molecular weight excluding hydrogens is 474 g/mol. The van der Waals surface area contributed by atoms with Gasteiger partial charge in [0.1, 0.15) is 17.4 Å². The van der Waals surface area contributed by atoms with Gasteiger partial charge in [0.15, 0.2) is 0 Å². The van der Waals surface area contributed by atoms with E-state index in [1.807, 2.05) is 13.8 Å². The average Bonchev–Trinajstić information content (AvgIpc) is 3.51. The number of likely N-dealkylation sites (tertiary alicyclic amines) is 1. The normalized spacial score (nSPS) is 28.8. The molecular formula is C28H41N3O6. The number of unbranched alkanes of at least 4 members (excludes halogenated alkanes) is 2. The van der Waals surface area contributed by atoms with Crippen molar-refractivity contribution in [3.8, 4) is 5.75 Å². The Morgan fingerprint density at radius 3 is 2.62 bits per heavy atom. The molecule has 1 aromatic rings. The highest BCUT2D eigenvalue weighted by molar-refractivity contribution is 6.02. The predicted octanol–water partition coefficient (Wildman–Crippen LogP) is 2.87. The number of hydrogen-bond acceptors (Lipinski definition) is 6. The van der Waals surface area contributed by atoms with Crippen LogP contribution in [-0.4, -0.2) is 71.3 Å². The number of fused-ring (bicyclic) bond motifs is 1. The second-order valence-electron chi connectivity index (χ2n) is 10.5. The molecule has 0 aliphatic carbocycles. The third-order valence-corrected chi connectivity index (χ3v) is 7.95. The van der Waals surface area contributed by atoms with E-state index in [0.29, 0.717) is 44.5 Å². The predicted molar refractivity (Wildman–Crippen MR) is 139 cm³/mol. The number of benzene rings is 1. The lowest BCUT2D eigenvalue weighted by Crippen LogP contribution is -2.56. The molecule has 4 rings (SSSR count). The van der Waals surface area contributed by atoms with Gasteiger partial charge in [0.25, 0.3) is 0 Å². The number of nitrogens with zero attached hydrogens (tertiary/aromatic N) is 1. The summed E-state index contributed by atoms with van der Waals surface area (Å²) in [5.74, 6) is -1.26. The molecule has 3 aliphatic heterocycles. The fourth-order valence-electron chi connectivity index (χ4n) is 6.42. The first-order valence-electron chi connectivity index (χ1n) is 13.8. The van der Waals surface area contributed by atoms with Gasteiger partial charge in [-0.1, -0.05) is 13.3 Å². The van der Waals surface area contributed by atoms with Crippen LogP contribution < -0.4 is 15.4 Å². The van der Waals surface area contributed by atoms with Gasteiger partial charge in [-0.15, -0.1) is 0 Å². The van der Waals surface area contributed by atoms with E-state index in [-0.39, 0.29) is 30.4 Å². The average molecular weight is 516 g/mol. The van der Waals surface area contributed by atoms with Crippen LogP contribution in [0.15, 0.2) is 24.3 Å². The lowest BCUT2D eigenvalue weighted by atomic mass is 9.70. The minimum Gasteiger partial charge on any atom is -0.494 e. The van der Waals surface area contributed by atoms with Crippen LogP contribution in [0.5, 0.6) is 5.75 Å². The van der Waals surface area contributed by atoms with E-state index in [2.05, 4.69) is 17.6 Å². The lowest BCUT2D eigenvalue weighted by Gasteiger charge is -2.34. The Morgan fingerprint density at radius 1 is 1.19 bits per heavy atom. The van der Waals surface area contributed by atoms with Gasteiger partial charge in [0.2, 0.25) is 17.7 Å². The summed E-state index contributed by atoms with van der Waals surface area (Å²) in [6, 6.07) is 6.38. The molecule has 9 nitrogen and oxygen atoms in total. The van der Waals surface area contributed by atoms with Gasteiger partial charge in [-0.25, -0.2) is 0 Å². The molecule has 204 valence electrons. The van der Waals surface area contributed by atoms with Crippen LogP contribution in [0.2, 0.25) is 0 Å². The molecule has 9 heteroatoms. The molecule has 0 radical (unpaired) electrons. The van der Waals surface area contributed by atoms with E-state index in [4.69, 9.17) is 14.6 Å². The molecule has 1 spiro atoms. The summed E-state index contributed by atoms with van der Waals surface area (Å²) in [5.41, 5.74) is -0.366. The fourth-order valence-corrected chi connectivity index (χ4v) is 6.42. The Bertz CT molecular complexity index is 969. The molecule has 6 atom stereocenters. The molecule has 0 saturated carbocycles. The van der Waals surface area contributed by atoms with Gasteiger partial charge < -0.3 is 30.1 Å². The molecule has 3 aliphatic rings. The first kappa shape index (κ1) is 27.4. The van der Waals surface area contributed by atoms with Crippen molar-refractivity contribution in [3.63, 3.8) is 0 Å². The summed E-state index contributed by atoms with van der Waals surface area (Å²) in [4.78, 5) is 42.7. The number of amides is 3. The van der Waals surface area contributed by atoms with E-state index < -0.39 is 29.6 Å². The summed E-state index contributed by atoms with van der Waals surface area (Å²) in [5, 5.41) is 15.2. The van der Waals surface area contributed by atoms with Crippen LogP contribution in [-0.2, 0) is 19.1 Å². The minimum atomic E-state index is -0.990. The number of carbonyl (C=O) groups is 3. The van der Waals surface area contributed by atoms with E-state index in [0.717, 1.165) is 25.0 Å². The highest BCUT2D eigenvalue weighted by Crippen LogP contribution is 2.58. The van der Waals surface area contributed by atoms with Crippen molar-refractivity contribution in [2.24, 2.45) is 11.8 Å². The van der Waals surface area contributed by atoms with Crippen LogP contribution in [0.25, 0.3) is 0 Å². The largest absolute Gasteiger partial charge is 0.494 e. The van der Waals surface area contributed by atoms with Crippen molar-refractivity contribution in [2.45, 2.75) is 89.5 Å². The lowest BCUT2D eigenvalue weighted by molar-refractivity contribution is -0.141. The smallest absolute Gasteiger partial charge is 0.246 e. The van der Waals surface area contributed by atoms with Gasteiger partial charge in [-0.2, -0.15) is 0 Å². The van der Waals surface area contributed by atoms with Gasteiger partial charge in [0, 0.05) is 24.9 Å². The maximum Gasteiger partial charge on any atom is 0.246 e. The maximum atomic E-state index is 13.9. The van der Waals surface area contributed by atoms with Crippen LogP contribution in [0.1, 0.15) is 65.7 Å². The standard InChI is InChI=1S/C28H41N3O6/c1-4-9-18(3)29-26(34)24-28-15-14-21(37-28)22(23(28)27(35)31(24)16-7-6-8-17-32)25(33)30-19-10-12-20(13-11-19)36-5-2/h10-13,18,21-24,32H,4-9,14-17H2,1-3H3,(H,29,34)(H,30,33)/t18?,21-,22+,23-,24?,28?/m0/s1. The molecule has 3 amide bonds. The van der Waals surface area contributed by atoms with Crippen molar-refractivity contribution in [2.75, 3.05) is 25.1 Å². The van der Waals surface area contributed by atoms with Crippen LogP contribution >= 0.6 is 0 Å². The van der Waals surface area contributed by atoms with Crippen LogP contribution in [0.4, 0.5) is 5.69 Å². The molecule has 3 heterocycles. The Hall–Kier alpha value is -2.65. The topological polar surface area (TPSA) is 117 Å². The second kappa shape index (κ2) is 11.8. The van der Waals surface area contributed by atoms with Crippen molar-refractivity contribution >= 4 is 23.4 Å². The highest BCUT2D eigenvalue weighted by atomic mass is 16.5. The third kappa shape index (κ3) is 5.34. The number of aliphatic hydroxyl groups is 1. The number of ether oxygens (including phenoxy) is 2. The van der Waals surface area contributed by atoms with E-state index in [9.17, 15) is 14.4 Å². The first-order chi connectivity index (χ1) is 17.9. The van der Waals surface area contributed by atoms with Crippen LogP contribution in [0.3, 0.4) is 0 Å². The molecule has 3 N–H and O–H groups in total. The Labute approximate surface area is 219 Å². The van der Waals surface area contributed by atoms with Crippen molar-refractivity contribution < 1.29 is 29.0 Å². The number of rotatable bonds is 13. The van der Waals surface area contributed by atoms with Gasteiger partial charge in [-0.3, -0.25) is 14.4 Å². The number of carbonyl (C=O) groups excluding carboxylic acids is 3. The molecule has 3 fully saturated rings. The number of aliphatic hydroxyl groups excluding tert-OH is 1. The number of hydrogen-bond donors (Lipinski definition) is 3. The van der Waals surface area contributed by atoms with E-state index >= 15 is 0 Å². The minimum absolute atomic E-state index is 0.0170. The van der Waals surface area contributed by atoms with Gasteiger partial charge in [0.05, 0.1) is 24.5 Å². The zero-order valence-electron chi connectivity index (χ0n) is 22.2. The molecule has 3 unspecified atom stereocenters. The fraction of sp³-hybridized carbons (Fsp3) is 0.679. The Morgan fingerprint density at radius 2 is 1.95 bits per heavy atom. The first-order valence-corrected chi connectivity index (χ1v) is 13.8. The van der Waals surface area contributed by atoms with E-state index in [1.165, 1.54) is 0 Å². The molecule has 37 heavy (non-hydrogen) atoms. The number of anilines is 1. The third-order valence-electron chi connectivity index (χ3n) is 7.95. The quantitative estimate of drug-likeness (QED) is 0.348. The summed E-state index contributed by atoms with van der Waals surface area (Å²) in [7, 11) is 0.